The fraction of sp³-hybridized carbons (Fsp3) is 0.750. The average molecular weight is 195 g/mol. The van der Waals surface area contributed by atoms with Gasteiger partial charge >= 0.3 is 0 Å². The first-order chi connectivity index (χ1) is 6.74. The summed E-state index contributed by atoms with van der Waals surface area (Å²) >= 11 is 0. The molecule has 2 heteroatoms. The molecule has 0 aromatic carbocycles. The van der Waals surface area contributed by atoms with Crippen molar-refractivity contribution < 1.29 is 4.79 Å². The Morgan fingerprint density at radius 2 is 2.07 bits per heavy atom. The normalized spacial score (nSPS) is 20.4. The number of carbonyl (C=O) groups excluding carboxylic acids is 1. The highest BCUT2D eigenvalue weighted by Crippen LogP contribution is 2.26. The molecule has 1 aliphatic carbocycles. The summed E-state index contributed by atoms with van der Waals surface area (Å²) in [5.41, 5.74) is 5.72. The number of ketones is 1. The van der Waals surface area contributed by atoms with Crippen LogP contribution in [0.1, 0.15) is 44.9 Å². The second kappa shape index (κ2) is 5.97. The number of hydrogen-bond acceptors (Lipinski definition) is 2. The van der Waals surface area contributed by atoms with E-state index in [0.29, 0.717) is 18.8 Å². The van der Waals surface area contributed by atoms with Crippen LogP contribution < -0.4 is 5.73 Å². The van der Waals surface area contributed by atoms with E-state index in [9.17, 15) is 4.79 Å². The minimum Gasteiger partial charge on any atom is -0.321 e. The second-order valence-electron chi connectivity index (χ2n) is 4.31. The van der Waals surface area contributed by atoms with Gasteiger partial charge in [0.15, 0.2) is 0 Å². The lowest BCUT2D eigenvalue weighted by atomic mass is 9.84. The Morgan fingerprint density at radius 1 is 1.43 bits per heavy atom. The monoisotopic (exact) mass is 195 g/mol. The molecular weight excluding hydrogens is 174 g/mol. The number of rotatable bonds is 5. The molecule has 14 heavy (non-hydrogen) atoms. The van der Waals surface area contributed by atoms with Gasteiger partial charge in [0.2, 0.25) is 0 Å². The smallest absolute Gasteiger partial charge is 0.150 e. The molecule has 1 unspecified atom stereocenters. The molecule has 1 saturated carbocycles. The van der Waals surface area contributed by atoms with Crippen LogP contribution in [0.2, 0.25) is 0 Å². The molecule has 0 aliphatic heterocycles. The highest BCUT2D eigenvalue weighted by atomic mass is 16.1. The molecule has 1 atom stereocenters. The molecule has 0 radical (unpaired) electrons. The highest BCUT2D eigenvalue weighted by molar-refractivity contribution is 5.84. The van der Waals surface area contributed by atoms with Crippen LogP contribution in [-0.4, -0.2) is 11.8 Å². The van der Waals surface area contributed by atoms with Crippen molar-refractivity contribution in [3.05, 3.63) is 12.7 Å². The molecule has 80 valence electrons. The summed E-state index contributed by atoms with van der Waals surface area (Å²) in [6, 6.07) is -0.311. The lowest BCUT2D eigenvalue weighted by Gasteiger charge is -2.21. The molecule has 1 rings (SSSR count). The Bertz CT molecular complexity index is 194. The van der Waals surface area contributed by atoms with Crippen LogP contribution in [0.3, 0.4) is 0 Å². The highest BCUT2D eigenvalue weighted by Gasteiger charge is 2.20. The third kappa shape index (κ3) is 3.62. The van der Waals surface area contributed by atoms with Gasteiger partial charge in [-0.25, -0.2) is 0 Å². The van der Waals surface area contributed by atoms with E-state index in [1.54, 1.807) is 6.08 Å². The SMILES string of the molecule is C=CCC(N)C(=O)CC1CCCCC1. The van der Waals surface area contributed by atoms with Gasteiger partial charge in [0.05, 0.1) is 6.04 Å². The van der Waals surface area contributed by atoms with Crippen molar-refractivity contribution >= 4 is 5.78 Å². The van der Waals surface area contributed by atoms with Crippen LogP contribution in [0.5, 0.6) is 0 Å². The van der Waals surface area contributed by atoms with Crippen LogP contribution in [0.15, 0.2) is 12.7 Å². The minimum absolute atomic E-state index is 0.219. The number of carbonyl (C=O) groups is 1. The fourth-order valence-electron chi connectivity index (χ4n) is 2.14. The molecule has 0 saturated heterocycles. The van der Waals surface area contributed by atoms with Gasteiger partial charge in [-0.2, -0.15) is 0 Å². The van der Waals surface area contributed by atoms with Crippen molar-refractivity contribution in [3.63, 3.8) is 0 Å². The maximum atomic E-state index is 11.6. The van der Waals surface area contributed by atoms with E-state index in [0.717, 1.165) is 0 Å². The molecule has 1 aliphatic rings. The summed E-state index contributed by atoms with van der Waals surface area (Å²) in [5, 5.41) is 0. The van der Waals surface area contributed by atoms with Gasteiger partial charge in [-0.05, 0) is 12.3 Å². The summed E-state index contributed by atoms with van der Waals surface area (Å²) in [6.07, 6.45) is 9.37. The van der Waals surface area contributed by atoms with Crippen LogP contribution in [0, 0.1) is 5.92 Å². The first-order valence-corrected chi connectivity index (χ1v) is 5.63. The third-order valence-corrected chi connectivity index (χ3v) is 3.05. The summed E-state index contributed by atoms with van der Waals surface area (Å²) in [6.45, 7) is 3.60. The van der Waals surface area contributed by atoms with Crippen molar-refractivity contribution in [2.75, 3.05) is 0 Å². The van der Waals surface area contributed by atoms with Crippen LogP contribution in [0.25, 0.3) is 0 Å². The molecule has 0 spiro atoms. The zero-order valence-electron chi connectivity index (χ0n) is 8.87. The second-order valence-corrected chi connectivity index (χ2v) is 4.31. The topological polar surface area (TPSA) is 43.1 Å². The molecule has 0 bridgehead atoms. The Morgan fingerprint density at radius 3 is 2.64 bits per heavy atom. The largest absolute Gasteiger partial charge is 0.321 e. The molecule has 0 aromatic rings. The lowest BCUT2D eigenvalue weighted by Crippen LogP contribution is -2.31. The Balaban J connectivity index is 2.27. The van der Waals surface area contributed by atoms with Gasteiger partial charge in [0.25, 0.3) is 0 Å². The first kappa shape index (κ1) is 11.4. The summed E-state index contributed by atoms with van der Waals surface area (Å²) in [7, 11) is 0. The van der Waals surface area contributed by atoms with Gasteiger partial charge in [-0.3, -0.25) is 4.79 Å². The number of hydrogen-bond donors (Lipinski definition) is 1. The summed E-state index contributed by atoms with van der Waals surface area (Å²) < 4.78 is 0. The Hall–Kier alpha value is -0.630. The predicted octanol–water partition coefficient (Wildman–Crippen LogP) is 2.43. The van der Waals surface area contributed by atoms with Crippen molar-refractivity contribution in [1.29, 1.82) is 0 Å². The quantitative estimate of drug-likeness (QED) is 0.685. The van der Waals surface area contributed by atoms with Crippen LogP contribution in [-0.2, 0) is 4.79 Å². The van der Waals surface area contributed by atoms with Crippen LogP contribution >= 0.6 is 0 Å². The van der Waals surface area contributed by atoms with E-state index < -0.39 is 0 Å². The maximum absolute atomic E-state index is 11.6. The van der Waals surface area contributed by atoms with Gasteiger partial charge in [0, 0.05) is 6.42 Å². The predicted molar refractivity (Wildman–Crippen MR) is 59.0 cm³/mol. The standard InChI is InChI=1S/C12H21NO/c1-2-6-11(13)12(14)9-10-7-4-3-5-8-10/h2,10-11H,1,3-9,13H2. The van der Waals surface area contributed by atoms with Crippen molar-refractivity contribution in [2.45, 2.75) is 51.0 Å². The fourth-order valence-corrected chi connectivity index (χ4v) is 2.14. The zero-order valence-corrected chi connectivity index (χ0v) is 8.87. The van der Waals surface area contributed by atoms with Crippen molar-refractivity contribution in [1.82, 2.24) is 0 Å². The van der Waals surface area contributed by atoms with E-state index in [-0.39, 0.29) is 11.8 Å². The molecule has 2 nitrogen and oxygen atoms in total. The maximum Gasteiger partial charge on any atom is 0.150 e. The van der Waals surface area contributed by atoms with Gasteiger partial charge in [0.1, 0.15) is 5.78 Å². The Kier molecular flexibility index (Phi) is 4.88. The van der Waals surface area contributed by atoms with Crippen LogP contribution in [0.4, 0.5) is 0 Å². The summed E-state index contributed by atoms with van der Waals surface area (Å²) in [4.78, 5) is 11.6. The Labute approximate surface area is 86.6 Å². The van der Waals surface area contributed by atoms with Gasteiger partial charge in [-0.1, -0.05) is 38.2 Å². The van der Waals surface area contributed by atoms with E-state index in [2.05, 4.69) is 6.58 Å². The van der Waals surface area contributed by atoms with Gasteiger partial charge in [-0.15, -0.1) is 6.58 Å². The van der Waals surface area contributed by atoms with E-state index in [1.165, 1.54) is 32.1 Å². The average Bonchev–Trinajstić information content (AvgIpc) is 2.19. The third-order valence-electron chi connectivity index (χ3n) is 3.05. The molecule has 0 heterocycles. The van der Waals surface area contributed by atoms with E-state index >= 15 is 0 Å². The molecule has 0 aromatic heterocycles. The minimum atomic E-state index is -0.311. The van der Waals surface area contributed by atoms with Crippen molar-refractivity contribution in [2.24, 2.45) is 11.7 Å². The summed E-state index contributed by atoms with van der Waals surface area (Å²) in [5.74, 6) is 0.823. The van der Waals surface area contributed by atoms with Gasteiger partial charge < -0.3 is 5.73 Å². The first-order valence-electron chi connectivity index (χ1n) is 5.63. The number of nitrogens with two attached hydrogens (primary N) is 1. The van der Waals surface area contributed by atoms with Crippen molar-refractivity contribution in [3.8, 4) is 0 Å². The lowest BCUT2D eigenvalue weighted by molar-refractivity contribution is -0.121. The van der Waals surface area contributed by atoms with E-state index in [4.69, 9.17) is 5.73 Å². The number of Topliss-reactive ketones (excluding diaryl/α,β-unsaturated/α-hetero) is 1. The molecule has 2 N–H and O–H groups in total. The molecular formula is C12H21NO. The van der Waals surface area contributed by atoms with E-state index in [1.807, 2.05) is 0 Å². The molecule has 1 fully saturated rings. The zero-order chi connectivity index (χ0) is 10.4. The molecule has 0 amide bonds.